The predicted molar refractivity (Wildman–Crippen MR) is 93.9 cm³/mol. The van der Waals surface area contributed by atoms with E-state index in [9.17, 15) is 9.59 Å². The number of fused-ring (bicyclic) bond motifs is 1. The summed E-state index contributed by atoms with van der Waals surface area (Å²) in [5.41, 5.74) is 1.41. The summed E-state index contributed by atoms with van der Waals surface area (Å²) in [5, 5.41) is 2.87. The Labute approximate surface area is 151 Å². The SMILES string of the molecule is CC(C)N(CCC(=O)NCc1ccc2c(c1)OCO2)C(=O)c1ccoc1. The minimum absolute atomic E-state index is 0.0148. The molecule has 0 aliphatic carbocycles. The Balaban J connectivity index is 1.50. The van der Waals surface area contributed by atoms with Crippen molar-refractivity contribution in [3.63, 3.8) is 0 Å². The summed E-state index contributed by atoms with van der Waals surface area (Å²) >= 11 is 0. The van der Waals surface area contributed by atoms with Crippen molar-refractivity contribution in [3.8, 4) is 11.5 Å². The molecule has 0 saturated heterocycles. The van der Waals surface area contributed by atoms with E-state index in [-0.39, 0.29) is 31.1 Å². The van der Waals surface area contributed by atoms with Crippen LogP contribution in [-0.2, 0) is 11.3 Å². The smallest absolute Gasteiger partial charge is 0.257 e. The van der Waals surface area contributed by atoms with Gasteiger partial charge in [-0.1, -0.05) is 6.07 Å². The van der Waals surface area contributed by atoms with Crippen LogP contribution in [0, 0.1) is 0 Å². The third-order valence-electron chi connectivity index (χ3n) is 4.16. The lowest BCUT2D eigenvalue weighted by Gasteiger charge is -2.26. The van der Waals surface area contributed by atoms with Gasteiger partial charge in [-0.3, -0.25) is 9.59 Å². The van der Waals surface area contributed by atoms with Gasteiger partial charge in [-0.2, -0.15) is 0 Å². The molecule has 1 N–H and O–H groups in total. The van der Waals surface area contributed by atoms with Crippen LogP contribution in [0.3, 0.4) is 0 Å². The van der Waals surface area contributed by atoms with Gasteiger partial charge in [0.2, 0.25) is 12.7 Å². The first-order valence-corrected chi connectivity index (χ1v) is 8.53. The number of hydrogen-bond donors (Lipinski definition) is 1. The largest absolute Gasteiger partial charge is 0.472 e. The summed E-state index contributed by atoms with van der Waals surface area (Å²) in [7, 11) is 0. The molecular formula is C19H22N2O5. The van der Waals surface area contributed by atoms with Crippen molar-refractivity contribution in [2.45, 2.75) is 32.9 Å². The molecule has 7 heteroatoms. The van der Waals surface area contributed by atoms with Crippen LogP contribution >= 0.6 is 0 Å². The van der Waals surface area contributed by atoms with Crippen LogP contribution in [0.2, 0.25) is 0 Å². The Morgan fingerprint density at radius 2 is 2.00 bits per heavy atom. The number of nitrogens with zero attached hydrogens (tertiary/aromatic N) is 1. The zero-order valence-electron chi connectivity index (χ0n) is 14.9. The van der Waals surface area contributed by atoms with Crippen molar-refractivity contribution in [2.24, 2.45) is 0 Å². The average molecular weight is 358 g/mol. The molecule has 0 atom stereocenters. The minimum Gasteiger partial charge on any atom is -0.472 e. The monoisotopic (exact) mass is 358 g/mol. The molecule has 0 radical (unpaired) electrons. The van der Waals surface area contributed by atoms with E-state index in [1.165, 1.54) is 12.5 Å². The summed E-state index contributed by atoms with van der Waals surface area (Å²) in [6, 6.07) is 7.17. The Morgan fingerprint density at radius 1 is 1.19 bits per heavy atom. The van der Waals surface area contributed by atoms with Crippen molar-refractivity contribution in [1.29, 1.82) is 0 Å². The molecule has 1 aromatic heterocycles. The number of carbonyl (C=O) groups is 2. The highest BCUT2D eigenvalue weighted by molar-refractivity contribution is 5.94. The molecule has 2 amide bonds. The van der Waals surface area contributed by atoms with Gasteiger partial charge in [0.05, 0.1) is 11.8 Å². The second-order valence-corrected chi connectivity index (χ2v) is 6.32. The number of benzene rings is 1. The average Bonchev–Trinajstić information content (AvgIpc) is 3.30. The van der Waals surface area contributed by atoms with E-state index in [4.69, 9.17) is 13.9 Å². The molecule has 0 bridgehead atoms. The van der Waals surface area contributed by atoms with E-state index >= 15 is 0 Å². The third-order valence-corrected chi connectivity index (χ3v) is 4.16. The van der Waals surface area contributed by atoms with Gasteiger partial charge >= 0.3 is 0 Å². The summed E-state index contributed by atoms with van der Waals surface area (Å²) in [6.45, 7) is 4.80. The van der Waals surface area contributed by atoms with Crippen LogP contribution in [-0.4, -0.2) is 36.1 Å². The van der Waals surface area contributed by atoms with E-state index in [0.717, 1.165) is 5.56 Å². The van der Waals surface area contributed by atoms with E-state index in [1.807, 2.05) is 32.0 Å². The quantitative estimate of drug-likeness (QED) is 0.823. The molecule has 7 nitrogen and oxygen atoms in total. The lowest BCUT2D eigenvalue weighted by Crippen LogP contribution is -2.39. The fourth-order valence-electron chi connectivity index (χ4n) is 2.71. The third kappa shape index (κ3) is 4.17. The zero-order chi connectivity index (χ0) is 18.5. The molecule has 0 unspecified atom stereocenters. The number of hydrogen-bond acceptors (Lipinski definition) is 5. The van der Waals surface area contributed by atoms with Crippen LogP contribution < -0.4 is 14.8 Å². The van der Waals surface area contributed by atoms with Crippen LogP contribution in [0.1, 0.15) is 36.2 Å². The highest BCUT2D eigenvalue weighted by Crippen LogP contribution is 2.32. The Bertz CT molecular complexity index is 770. The maximum absolute atomic E-state index is 12.5. The van der Waals surface area contributed by atoms with Gasteiger partial charge in [-0.15, -0.1) is 0 Å². The fraction of sp³-hybridized carbons (Fsp3) is 0.368. The van der Waals surface area contributed by atoms with Gasteiger partial charge in [0.15, 0.2) is 11.5 Å². The summed E-state index contributed by atoms with van der Waals surface area (Å²) in [5.74, 6) is 1.14. The van der Waals surface area contributed by atoms with Gasteiger partial charge in [-0.25, -0.2) is 0 Å². The lowest BCUT2D eigenvalue weighted by molar-refractivity contribution is -0.121. The Kier molecular flexibility index (Phi) is 5.46. The zero-order valence-corrected chi connectivity index (χ0v) is 14.9. The molecule has 1 aliphatic rings. The molecule has 0 spiro atoms. The number of ether oxygens (including phenoxy) is 2. The topological polar surface area (TPSA) is 81.0 Å². The molecule has 1 aromatic carbocycles. The first kappa shape index (κ1) is 17.8. The van der Waals surface area contributed by atoms with E-state index in [1.54, 1.807) is 11.0 Å². The lowest BCUT2D eigenvalue weighted by atomic mass is 10.2. The van der Waals surface area contributed by atoms with Crippen molar-refractivity contribution in [2.75, 3.05) is 13.3 Å². The van der Waals surface area contributed by atoms with Gasteiger partial charge in [-0.05, 0) is 37.6 Å². The fourth-order valence-corrected chi connectivity index (χ4v) is 2.71. The minimum atomic E-state index is -0.141. The highest BCUT2D eigenvalue weighted by Gasteiger charge is 2.20. The standard InChI is InChI=1S/C19H22N2O5/c1-13(2)21(19(23)15-6-8-24-11-15)7-5-18(22)20-10-14-3-4-16-17(9-14)26-12-25-16/h3-4,6,8-9,11,13H,5,7,10,12H2,1-2H3,(H,20,22). The van der Waals surface area contributed by atoms with E-state index in [2.05, 4.69) is 5.32 Å². The molecule has 3 rings (SSSR count). The molecule has 138 valence electrons. The highest BCUT2D eigenvalue weighted by atomic mass is 16.7. The Hall–Kier alpha value is -2.96. The molecule has 26 heavy (non-hydrogen) atoms. The van der Waals surface area contributed by atoms with E-state index < -0.39 is 0 Å². The number of amides is 2. The van der Waals surface area contributed by atoms with Crippen LogP contribution in [0.5, 0.6) is 11.5 Å². The molecule has 2 heterocycles. The van der Waals surface area contributed by atoms with Crippen molar-refractivity contribution >= 4 is 11.8 Å². The van der Waals surface area contributed by atoms with Gasteiger partial charge in [0, 0.05) is 25.6 Å². The second kappa shape index (κ2) is 7.95. The van der Waals surface area contributed by atoms with Crippen LogP contribution in [0.15, 0.2) is 41.2 Å². The molecule has 0 saturated carbocycles. The van der Waals surface area contributed by atoms with Crippen LogP contribution in [0.25, 0.3) is 0 Å². The maximum Gasteiger partial charge on any atom is 0.257 e. The van der Waals surface area contributed by atoms with E-state index in [0.29, 0.717) is 30.2 Å². The normalized spacial score (nSPS) is 12.3. The van der Waals surface area contributed by atoms with Gasteiger partial charge < -0.3 is 24.1 Å². The first-order valence-electron chi connectivity index (χ1n) is 8.53. The van der Waals surface area contributed by atoms with Gasteiger partial charge in [0.25, 0.3) is 5.91 Å². The second-order valence-electron chi connectivity index (χ2n) is 6.32. The maximum atomic E-state index is 12.5. The molecule has 1 aliphatic heterocycles. The first-order chi connectivity index (χ1) is 12.5. The van der Waals surface area contributed by atoms with Crippen molar-refractivity contribution in [1.82, 2.24) is 10.2 Å². The number of furan rings is 1. The summed E-state index contributed by atoms with van der Waals surface area (Å²) in [4.78, 5) is 26.3. The molecule has 0 fully saturated rings. The number of nitrogens with one attached hydrogen (secondary N) is 1. The predicted octanol–water partition coefficient (Wildman–Crippen LogP) is 2.57. The van der Waals surface area contributed by atoms with Crippen molar-refractivity contribution in [3.05, 3.63) is 47.9 Å². The Morgan fingerprint density at radius 3 is 2.73 bits per heavy atom. The molecule has 2 aromatic rings. The summed E-state index contributed by atoms with van der Waals surface area (Å²) < 4.78 is 15.6. The van der Waals surface area contributed by atoms with Crippen molar-refractivity contribution < 1.29 is 23.5 Å². The van der Waals surface area contributed by atoms with Gasteiger partial charge in [0.1, 0.15) is 6.26 Å². The van der Waals surface area contributed by atoms with Crippen LogP contribution in [0.4, 0.5) is 0 Å². The number of rotatable bonds is 7. The molecular weight excluding hydrogens is 336 g/mol. The number of carbonyl (C=O) groups excluding carboxylic acids is 2. The summed E-state index contributed by atoms with van der Waals surface area (Å²) in [6.07, 6.45) is 3.10.